The molecule has 0 aliphatic carbocycles. The van der Waals surface area contributed by atoms with Crippen LogP contribution in [-0.4, -0.2) is 37.3 Å². The molecular formula is C23H22FN6O2+. The molecule has 0 spiro atoms. The van der Waals surface area contributed by atoms with E-state index in [-0.39, 0.29) is 16.9 Å². The summed E-state index contributed by atoms with van der Waals surface area (Å²) < 4.78 is 18.4. The smallest absolute Gasteiger partial charge is 0.277 e. The van der Waals surface area contributed by atoms with Crippen LogP contribution in [-0.2, 0) is 26.1 Å². The summed E-state index contributed by atoms with van der Waals surface area (Å²) in [5.74, 6) is 0.859. The fourth-order valence-electron chi connectivity index (χ4n) is 4.18. The lowest BCUT2D eigenvalue weighted by Crippen LogP contribution is -2.52. The molecule has 9 heteroatoms. The molecule has 2 aromatic heterocycles. The van der Waals surface area contributed by atoms with Gasteiger partial charge >= 0.3 is 0 Å². The predicted molar refractivity (Wildman–Crippen MR) is 114 cm³/mol. The molecule has 0 radical (unpaired) electrons. The van der Waals surface area contributed by atoms with E-state index >= 15 is 0 Å². The first-order valence-electron chi connectivity index (χ1n) is 10.5. The van der Waals surface area contributed by atoms with Crippen LogP contribution in [0.15, 0.2) is 53.5 Å². The molecular weight excluding hydrogens is 411 g/mol. The fraction of sp³-hybridized carbons (Fsp3) is 0.261. The third kappa shape index (κ3) is 3.45. The molecule has 162 valence electrons. The molecule has 8 nitrogen and oxygen atoms in total. The molecule has 0 unspecified atom stereocenters. The number of aromatic amines is 1. The lowest BCUT2D eigenvalue weighted by molar-refractivity contribution is -0.717. The average Bonchev–Trinajstić information content (AvgIpc) is 3.24. The Morgan fingerprint density at radius 1 is 1.25 bits per heavy atom. The number of para-hydroxylation sites is 1. The largest absolute Gasteiger partial charge is 0.325 e. The summed E-state index contributed by atoms with van der Waals surface area (Å²) in [6, 6.07) is 11.7. The van der Waals surface area contributed by atoms with Crippen LogP contribution in [0.25, 0.3) is 10.9 Å². The van der Waals surface area contributed by atoms with Gasteiger partial charge in [0.2, 0.25) is 5.43 Å². The second-order valence-electron chi connectivity index (χ2n) is 7.82. The Hall–Kier alpha value is -3.88. The van der Waals surface area contributed by atoms with Crippen molar-refractivity contribution in [3.63, 3.8) is 0 Å². The summed E-state index contributed by atoms with van der Waals surface area (Å²) in [5.41, 5.74) is 1.28. The maximum absolute atomic E-state index is 14.6. The summed E-state index contributed by atoms with van der Waals surface area (Å²) in [7, 11) is 0. The van der Waals surface area contributed by atoms with Crippen LogP contribution >= 0.6 is 0 Å². The molecule has 0 bridgehead atoms. The van der Waals surface area contributed by atoms with Crippen LogP contribution in [0.1, 0.15) is 34.5 Å². The normalized spacial score (nSPS) is 13.4. The quantitative estimate of drug-likeness (QED) is 0.498. The number of halogens is 1. The Kier molecular flexibility index (Phi) is 5.01. The van der Waals surface area contributed by atoms with E-state index in [9.17, 15) is 14.0 Å². The maximum atomic E-state index is 14.6. The third-order valence-electron chi connectivity index (χ3n) is 5.84. The molecule has 5 rings (SSSR count). The number of hydrogen-bond donors (Lipinski definition) is 1. The molecule has 0 saturated carbocycles. The predicted octanol–water partition coefficient (Wildman–Crippen LogP) is 1.81. The van der Waals surface area contributed by atoms with Crippen molar-refractivity contribution in [1.82, 2.24) is 24.9 Å². The van der Waals surface area contributed by atoms with Crippen LogP contribution in [0.4, 0.5) is 4.39 Å². The minimum absolute atomic E-state index is 0.0246. The molecule has 1 aliphatic rings. The average molecular weight is 433 g/mol. The van der Waals surface area contributed by atoms with E-state index < -0.39 is 5.82 Å². The number of benzene rings is 2. The number of amides is 1. The number of fused-ring (bicyclic) bond motifs is 2. The fourth-order valence-corrected chi connectivity index (χ4v) is 4.18. The van der Waals surface area contributed by atoms with E-state index in [1.54, 1.807) is 33.8 Å². The number of nitrogens with one attached hydrogen (secondary N) is 1. The lowest BCUT2D eigenvalue weighted by Gasteiger charge is -2.25. The number of aromatic nitrogens is 5. The number of rotatable bonds is 4. The summed E-state index contributed by atoms with van der Waals surface area (Å²) >= 11 is 0. The van der Waals surface area contributed by atoms with Crippen molar-refractivity contribution < 1.29 is 13.8 Å². The zero-order valence-electron chi connectivity index (χ0n) is 17.6. The minimum Gasteiger partial charge on any atom is -0.325 e. The molecule has 1 aliphatic heterocycles. The Morgan fingerprint density at radius 2 is 2.09 bits per heavy atom. The van der Waals surface area contributed by atoms with Gasteiger partial charge < -0.3 is 4.90 Å². The molecule has 0 fully saturated rings. The topological polar surface area (TPSA) is 87.8 Å². The summed E-state index contributed by atoms with van der Waals surface area (Å²) in [4.78, 5) is 26.8. The van der Waals surface area contributed by atoms with Gasteiger partial charge in [0.05, 0.1) is 36.9 Å². The maximum Gasteiger partial charge on any atom is 0.277 e. The van der Waals surface area contributed by atoms with Gasteiger partial charge in [-0.3, -0.25) is 14.3 Å². The zero-order valence-corrected chi connectivity index (χ0v) is 17.6. The first-order chi connectivity index (χ1) is 15.5. The molecule has 0 saturated heterocycles. The number of carbonyl (C=O) groups excluding carboxylic acids is 1. The molecule has 1 N–H and O–H groups in total. The molecule has 0 atom stereocenters. The summed E-state index contributed by atoms with van der Waals surface area (Å²) in [5, 5.41) is 12.1. The van der Waals surface area contributed by atoms with Gasteiger partial charge in [-0.1, -0.05) is 25.1 Å². The molecule has 3 heterocycles. The summed E-state index contributed by atoms with van der Waals surface area (Å²) in [6.45, 7) is 3.79. The molecule has 4 aromatic rings. The van der Waals surface area contributed by atoms with Crippen LogP contribution in [0.5, 0.6) is 0 Å². The Bertz CT molecular complexity index is 1390. The highest BCUT2D eigenvalue weighted by Crippen LogP contribution is 2.18. The second-order valence-corrected chi connectivity index (χ2v) is 7.82. The van der Waals surface area contributed by atoms with Crippen molar-refractivity contribution in [2.75, 3.05) is 6.54 Å². The van der Waals surface area contributed by atoms with Crippen LogP contribution < -0.4 is 10.00 Å². The van der Waals surface area contributed by atoms with Gasteiger partial charge in [-0.15, -0.1) is 5.10 Å². The number of hydrogen-bond acceptors (Lipinski definition) is 4. The first-order valence-corrected chi connectivity index (χ1v) is 10.5. The van der Waals surface area contributed by atoms with Gasteiger partial charge in [-0.25, -0.2) is 8.96 Å². The van der Waals surface area contributed by atoms with E-state index in [0.717, 1.165) is 23.6 Å². The van der Waals surface area contributed by atoms with Gasteiger partial charge in [0.15, 0.2) is 0 Å². The Morgan fingerprint density at radius 3 is 2.94 bits per heavy atom. The Balaban J connectivity index is 1.43. The third-order valence-corrected chi connectivity index (χ3v) is 5.84. The first kappa shape index (κ1) is 20.0. The molecule has 2 aromatic carbocycles. The van der Waals surface area contributed by atoms with E-state index in [1.807, 2.05) is 19.1 Å². The standard InChI is InChI=1S/C23H21FN6O2/c1-2-21-26-27-22-14-28(9-10-29(21)22)23(32)17-11-15(7-8-18(17)24)13-30-19-6-4-3-5-16(19)20(31)12-25-30/h3-8,11-12H,2,9-10,13-14H2,1H3/p+1. The van der Waals surface area contributed by atoms with Crippen LogP contribution in [0.2, 0.25) is 0 Å². The van der Waals surface area contributed by atoms with Crippen molar-refractivity contribution in [3.8, 4) is 0 Å². The number of nitrogens with zero attached hydrogens (tertiary/aromatic N) is 5. The number of aryl methyl sites for hydroxylation is 1. The molecule has 1 amide bonds. The van der Waals surface area contributed by atoms with Gasteiger partial charge in [0.25, 0.3) is 17.6 Å². The van der Waals surface area contributed by atoms with Crippen molar-refractivity contribution in [2.24, 2.45) is 0 Å². The second kappa shape index (κ2) is 7.99. The summed E-state index contributed by atoms with van der Waals surface area (Å²) in [6.07, 6.45) is 2.07. The van der Waals surface area contributed by atoms with E-state index in [4.69, 9.17) is 0 Å². The van der Waals surface area contributed by atoms with Crippen LogP contribution in [0.3, 0.4) is 0 Å². The number of carbonyl (C=O) groups is 1. The SMILES string of the molecule is CCc1n[nH]c2[n+]1CCN(C(=O)c1cc(Cn3ncc(=O)c4ccccc43)ccc1F)C2. The van der Waals surface area contributed by atoms with Crippen molar-refractivity contribution in [2.45, 2.75) is 33.0 Å². The minimum atomic E-state index is -0.561. The lowest BCUT2D eigenvalue weighted by atomic mass is 10.1. The zero-order chi connectivity index (χ0) is 22.2. The highest BCUT2D eigenvalue weighted by molar-refractivity contribution is 5.94. The van der Waals surface area contributed by atoms with Gasteiger partial charge in [0, 0.05) is 16.9 Å². The molecule has 32 heavy (non-hydrogen) atoms. The number of H-pyrrole nitrogens is 1. The van der Waals surface area contributed by atoms with Gasteiger partial charge in [-0.2, -0.15) is 5.10 Å². The van der Waals surface area contributed by atoms with E-state index in [2.05, 4.69) is 19.9 Å². The highest BCUT2D eigenvalue weighted by atomic mass is 19.1. The van der Waals surface area contributed by atoms with Crippen molar-refractivity contribution >= 4 is 16.8 Å². The highest BCUT2D eigenvalue weighted by Gasteiger charge is 2.30. The van der Waals surface area contributed by atoms with E-state index in [0.29, 0.717) is 37.1 Å². The monoisotopic (exact) mass is 433 g/mol. The van der Waals surface area contributed by atoms with Crippen molar-refractivity contribution in [3.05, 3.63) is 87.5 Å². The van der Waals surface area contributed by atoms with E-state index in [1.165, 1.54) is 12.3 Å². The van der Waals surface area contributed by atoms with Gasteiger partial charge in [0.1, 0.15) is 12.4 Å². The van der Waals surface area contributed by atoms with Gasteiger partial charge in [-0.05, 0) is 29.8 Å². The Labute approximate surface area is 182 Å². The van der Waals surface area contributed by atoms with Crippen molar-refractivity contribution in [1.29, 1.82) is 0 Å². The van der Waals surface area contributed by atoms with Crippen LogP contribution in [0, 0.1) is 5.82 Å².